The number of ether oxygens (including phenoxy) is 1. The minimum atomic E-state index is -0.627. The number of anilines is 2. The van der Waals surface area contributed by atoms with Crippen LogP contribution in [0, 0.1) is 6.92 Å². The molecule has 1 saturated heterocycles. The maximum Gasteiger partial charge on any atom is 0.266 e. The van der Waals surface area contributed by atoms with Crippen LogP contribution in [0.25, 0.3) is 0 Å². The van der Waals surface area contributed by atoms with E-state index in [1.807, 2.05) is 43.5 Å². The summed E-state index contributed by atoms with van der Waals surface area (Å²) in [4.78, 5) is 19.1. The zero-order valence-electron chi connectivity index (χ0n) is 15.2. The van der Waals surface area contributed by atoms with E-state index >= 15 is 0 Å². The lowest BCUT2D eigenvalue weighted by molar-refractivity contribution is -0.122. The summed E-state index contributed by atoms with van der Waals surface area (Å²) in [5, 5.41) is 2.81. The number of pyridine rings is 1. The van der Waals surface area contributed by atoms with Gasteiger partial charge in [-0.25, -0.2) is 4.98 Å². The van der Waals surface area contributed by atoms with E-state index in [-0.39, 0.29) is 5.91 Å². The summed E-state index contributed by atoms with van der Waals surface area (Å²) in [5.74, 6) is 0.955. The quantitative estimate of drug-likeness (QED) is 0.774. The number of benzene rings is 1. The fourth-order valence-electron chi connectivity index (χ4n) is 2.97. The first kappa shape index (κ1) is 18.7. The topological polar surface area (TPSA) is 54.5 Å². The highest BCUT2D eigenvalue weighted by Crippen LogP contribution is 2.27. The van der Waals surface area contributed by atoms with Gasteiger partial charge >= 0.3 is 0 Å². The summed E-state index contributed by atoms with van der Waals surface area (Å²) >= 11 is 3.46. The molecule has 26 heavy (non-hydrogen) atoms. The van der Waals surface area contributed by atoms with E-state index < -0.39 is 6.10 Å². The molecule has 2 aromatic rings. The van der Waals surface area contributed by atoms with Gasteiger partial charge in [0.15, 0.2) is 6.10 Å². The molecule has 1 aliphatic rings. The van der Waals surface area contributed by atoms with E-state index in [2.05, 4.69) is 31.1 Å². The van der Waals surface area contributed by atoms with Crippen LogP contribution in [0.5, 0.6) is 5.75 Å². The van der Waals surface area contributed by atoms with Crippen molar-refractivity contribution in [2.75, 3.05) is 23.3 Å². The number of aryl methyl sites for hydroxylation is 1. The molecule has 6 heteroatoms. The number of halogens is 1. The Hall–Kier alpha value is -2.08. The summed E-state index contributed by atoms with van der Waals surface area (Å²) < 4.78 is 6.59. The third kappa shape index (κ3) is 4.75. The van der Waals surface area contributed by atoms with Crippen molar-refractivity contribution in [2.24, 2.45) is 0 Å². The lowest BCUT2D eigenvalue weighted by Crippen LogP contribution is -2.31. The van der Waals surface area contributed by atoms with E-state index in [4.69, 9.17) is 4.74 Å². The van der Waals surface area contributed by atoms with Gasteiger partial charge in [-0.3, -0.25) is 4.79 Å². The van der Waals surface area contributed by atoms with Crippen molar-refractivity contribution in [3.8, 4) is 5.75 Å². The predicted octanol–water partition coefficient (Wildman–Crippen LogP) is 4.55. The Morgan fingerprint density at radius 3 is 2.65 bits per heavy atom. The largest absolute Gasteiger partial charge is 0.480 e. The number of nitrogens with one attached hydrogen (secondary N) is 1. The van der Waals surface area contributed by atoms with Gasteiger partial charge in [0.2, 0.25) is 0 Å². The number of hydrogen-bond donors (Lipinski definition) is 1. The molecule has 1 atom stereocenters. The zero-order chi connectivity index (χ0) is 18.5. The fourth-order valence-corrected chi connectivity index (χ4v) is 3.56. The molecule has 1 fully saturated rings. The zero-order valence-corrected chi connectivity index (χ0v) is 16.8. The van der Waals surface area contributed by atoms with E-state index in [1.165, 1.54) is 19.3 Å². The van der Waals surface area contributed by atoms with Gasteiger partial charge in [-0.1, -0.05) is 6.07 Å². The van der Waals surface area contributed by atoms with Crippen molar-refractivity contribution in [1.29, 1.82) is 0 Å². The number of aromatic nitrogens is 1. The van der Waals surface area contributed by atoms with E-state index in [0.717, 1.165) is 28.8 Å². The predicted molar refractivity (Wildman–Crippen MR) is 108 cm³/mol. The summed E-state index contributed by atoms with van der Waals surface area (Å²) in [6.45, 7) is 5.88. The Balaban J connectivity index is 1.58. The van der Waals surface area contributed by atoms with Crippen molar-refractivity contribution in [1.82, 2.24) is 4.98 Å². The molecule has 5 nitrogen and oxygen atoms in total. The summed E-state index contributed by atoms with van der Waals surface area (Å²) in [6, 6.07) is 9.62. The monoisotopic (exact) mass is 417 g/mol. The van der Waals surface area contributed by atoms with Crippen LogP contribution in [0.4, 0.5) is 11.5 Å². The second-order valence-corrected chi connectivity index (χ2v) is 7.49. The molecule has 1 aliphatic heterocycles. The first-order valence-corrected chi connectivity index (χ1v) is 9.77. The Bertz CT molecular complexity index is 758. The Kier molecular flexibility index (Phi) is 6.14. The molecule has 0 spiro atoms. The number of carbonyl (C=O) groups excluding carboxylic acids is 1. The minimum Gasteiger partial charge on any atom is -0.480 e. The van der Waals surface area contributed by atoms with Crippen LogP contribution in [-0.2, 0) is 4.79 Å². The smallest absolute Gasteiger partial charge is 0.266 e. The van der Waals surface area contributed by atoms with Gasteiger partial charge < -0.3 is 15.0 Å². The third-order valence-corrected chi connectivity index (χ3v) is 5.10. The first-order chi connectivity index (χ1) is 12.5. The molecule has 1 N–H and O–H groups in total. The van der Waals surface area contributed by atoms with Crippen molar-refractivity contribution >= 4 is 33.3 Å². The molecule has 138 valence electrons. The Morgan fingerprint density at radius 2 is 2.00 bits per heavy atom. The van der Waals surface area contributed by atoms with Gasteiger partial charge in [-0.15, -0.1) is 0 Å². The number of amides is 1. The molecular weight excluding hydrogens is 394 g/mol. The average Bonchev–Trinajstić information content (AvgIpc) is 2.65. The van der Waals surface area contributed by atoms with Crippen molar-refractivity contribution in [3.63, 3.8) is 0 Å². The van der Waals surface area contributed by atoms with Crippen LogP contribution >= 0.6 is 15.9 Å². The molecular formula is C20H24BrN3O2. The highest BCUT2D eigenvalue weighted by Gasteiger charge is 2.17. The number of piperidine rings is 1. The van der Waals surface area contributed by atoms with Gasteiger partial charge in [-0.05, 0) is 78.9 Å². The fraction of sp³-hybridized carbons (Fsp3) is 0.400. The summed E-state index contributed by atoms with van der Waals surface area (Å²) in [5.41, 5.74) is 2.23. The maximum absolute atomic E-state index is 12.4. The van der Waals surface area contributed by atoms with Crippen LogP contribution in [-0.4, -0.2) is 30.1 Å². The van der Waals surface area contributed by atoms with Crippen LogP contribution in [0.15, 0.2) is 41.0 Å². The third-order valence-electron chi connectivity index (χ3n) is 4.48. The van der Waals surface area contributed by atoms with Gasteiger partial charge in [0.1, 0.15) is 11.6 Å². The van der Waals surface area contributed by atoms with Gasteiger partial charge in [0.25, 0.3) is 5.91 Å². The Morgan fingerprint density at radius 1 is 1.23 bits per heavy atom. The molecule has 1 unspecified atom stereocenters. The Labute approximate surface area is 162 Å². The summed E-state index contributed by atoms with van der Waals surface area (Å²) in [7, 11) is 0. The molecule has 2 heterocycles. The molecule has 1 aromatic heterocycles. The number of carbonyl (C=O) groups is 1. The maximum atomic E-state index is 12.4. The molecule has 1 aromatic carbocycles. The van der Waals surface area contributed by atoms with Crippen LogP contribution < -0.4 is 15.0 Å². The summed E-state index contributed by atoms with van der Waals surface area (Å²) in [6.07, 6.45) is 4.94. The second-order valence-electron chi connectivity index (χ2n) is 6.63. The highest BCUT2D eigenvalue weighted by atomic mass is 79.9. The molecule has 0 radical (unpaired) electrons. The van der Waals surface area contributed by atoms with Crippen molar-refractivity contribution in [2.45, 2.75) is 39.2 Å². The standard InChI is InChI=1S/C20H24BrN3O2/c1-14-6-8-18(17(21)12-14)26-15(2)20(25)23-19-9-7-16(13-22-19)24-10-4-3-5-11-24/h6-9,12-13,15H,3-5,10-11H2,1-2H3,(H,22,23,25). The normalized spacial score (nSPS) is 15.4. The lowest BCUT2D eigenvalue weighted by atomic mass is 10.1. The molecule has 0 aliphatic carbocycles. The van der Waals surface area contributed by atoms with Gasteiger partial charge in [0.05, 0.1) is 16.4 Å². The average molecular weight is 418 g/mol. The molecule has 0 saturated carbocycles. The number of nitrogens with zero attached hydrogens (tertiary/aromatic N) is 2. The molecule has 3 rings (SSSR count). The lowest BCUT2D eigenvalue weighted by Gasteiger charge is -2.28. The van der Waals surface area contributed by atoms with Crippen molar-refractivity contribution < 1.29 is 9.53 Å². The van der Waals surface area contributed by atoms with Crippen LogP contribution in [0.2, 0.25) is 0 Å². The van der Waals surface area contributed by atoms with E-state index in [0.29, 0.717) is 11.6 Å². The van der Waals surface area contributed by atoms with Crippen molar-refractivity contribution in [3.05, 3.63) is 46.6 Å². The first-order valence-electron chi connectivity index (χ1n) is 8.97. The van der Waals surface area contributed by atoms with Crippen LogP contribution in [0.1, 0.15) is 31.7 Å². The van der Waals surface area contributed by atoms with Gasteiger partial charge in [0, 0.05) is 13.1 Å². The SMILES string of the molecule is Cc1ccc(OC(C)C(=O)Nc2ccc(N3CCCCC3)cn2)c(Br)c1. The molecule has 0 bridgehead atoms. The van der Waals surface area contributed by atoms with Crippen LogP contribution in [0.3, 0.4) is 0 Å². The number of rotatable bonds is 5. The van der Waals surface area contributed by atoms with E-state index in [1.54, 1.807) is 6.92 Å². The second kappa shape index (κ2) is 8.54. The van der Waals surface area contributed by atoms with Gasteiger partial charge in [-0.2, -0.15) is 0 Å². The highest BCUT2D eigenvalue weighted by molar-refractivity contribution is 9.10. The number of hydrogen-bond acceptors (Lipinski definition) is 4. The van der Waals surface area contributed by atoms with E-state index in [9.17, 15) is 4.79 Å². The molecule has 1 amide bonds. The minimum absolute atomic E-state index is 0.226.